The Morgan fingerprint density at radius 2 is 1.60 bits per heavy atom. The zero-order valence-corrected chi connectivity index (χ0v) is 13.6. The van der Waals surface area contributed by atoms with Crippen LogP contribution in [0.15, 0.2) is 0 Å². The molecule has 1 atom stereocenters. The Morgan fingerprint density at radius 3 is 2.00 bits per heavy atom. The first-order valence-electron chi connectivity index (χ1n) is 6.18. The van der Waals surface area contributed by atoms with Crippen molar-refractivity contribution in [3.05, 3.63) is 0 Å². The van der Waals surface area contributed by atoms with Gasteiger partial charge in [0.1, 0.15) is 0 Å². The summed E-state index contributed by atoms with van der Waals surface area (Å²) in [5, 5.41) is 0. The largest absolute Gasteiger partial charge is 0.515 e. The highest BCUT2D eigenvalue weighted by molar-refractivity contribution is 8.00. The third-order valence-electron chi connectivity index (χ3n) is 2.31. The summed E-state index contributed by atoms with van der Waals surface area (Å²) in [5.41, 5.74) is -1.55. The highest BCUT2D eigenvalue weighted by Crippen LogP contribution is 2.33. The number of hydrogen-bond acceptors (Lipinski definition) is 7. The van der Waals surface area contributed by atoms with E-state index in [0.29, 0.717) is 0 Å². The molecule has 0 N–H and O–H groups in total. The molecule has 0 aromatic heterocycles. The minimum Gasteiger partial charge on any atom is -0.465 e. The second-order valence-corrected chi connectivity index (χ2v) is 7.10. The summed E-state index contributed by atoms with van der Waals surface area (Å²) in [6.45, 7) is 9.04. The molecule has 6 nitrogen and oxygen atoms in total. The number of thioether (sulfide) groups is 1. The summed E-state index contributed by atoms with van der Waals surface area (Å²) < 4.78 is 13.5. The van der Waals surface area contributed by atoms with Crippen molar-refractivity contribution in [1.82, 2.24) is 0 Å². The van der Waals surface area contributed by atoms with Crippen molar-refractivity contribution in [3.63, 3.8) is 0 Å². The molecule has 0 fully saturated rings. The van der Waals surface area contributed by atoms with Gasteiger partial charge < -0.3 is 14.2 Å². The number of esters is 2. The van der Waals surface area contributed by atoms with E-state index < -0.39 is 23.5 Å². The number of methoxy groups -OCH3 is 1. The van der Waals surface area contributed by atoms with Gasteiger partial charge in [0, 0.05) is 10.5 Å². The molecule has 7 heteroatoms. The van der Waals surface area contributed by atoms with Crippen LogP contribution in [0.1, 0.15) is 34.6 Å². The van der Waals surface area contributed by atoms with Gasteiger partial charge in [0.15, 0.2) is 5.41 Å². The molecule has 0 saturated heterocycles. The van der Waals surface area contributed by atoms with Gasteiger partial charge in [-0.2, -0.15) is 11.8 Å². The molecule has 0 aliphatic heterocycles. The SMILES string of the molecule is CCOC(=O)[C@@](C)(CSC(C)(C)C)C(=O)OC(=O)OC. The molecule has 0 aliphatic rings. The van der Waals surface area contributed by atoms with Gasteiger partial charge in [-0.1, -0.05) is 20.8 Å². The maximum absolute atomic E-state index is 12.0. The maximum Gasteiger partial charge on any atom is 0.515 e. The Kier molecular flexibility index (Phi) is 7.05. The molecule has 0 rings (SSSR count). The van der Waals surface area contributed by atoms with Crippen LogP contribution in [-0.2, 0) is 23.8 Å². The van der Waals surface area contributed by atoms with E-state index >= 15 is 0 Å². The van der Waals surface area contributed by atoms with E-state index in [9.17, 15) is 14.4 Å². The van der Waals surface area contributed by atoms with Crippen LogP contribution in [0.3, 0.4) is 0 Å². The Labute approximate surface area is 123 Å². The van der Waals surface area contributed by atoms with E-state index in [1.807, 2.05) is 20.8 Å². The molecule has 116 valence electrons. The zero-order valence-electron chi connectivity index (χ0n) is 12.8. The lowest BCUT2D eigenvalue weighted by molar-refractivity contribution is -0.166. The Balaban J connectivity index is 5.09. The van der Waals surface area contributed by atoms with Gasteiger partial charge >= 0.3 is 18.1 Å². The van der Waals surface area contributed by atoms with Gasteiger partial charge in [0.2, 0.25) is 0 Å². The van der Waals surface area contributed by atoms with Crippen LogP contribution in [0.25, 0.3) is 0 Å². The van der Waals surface area contributed by atoms with E-state index in [1.54, 1.807) is 6.92 Å². The molecule has 0 aromatic carbocycles. The van der Waals surface area contributed by atoms with Crippen molar-refractivity contribution >= 4 is 29.9 Å². The smallest absolute Gasteiger partial charge is 0.465 e. The zero-order chi connectivity index (χ0) is 16.0. The molecule has 20 heavy (non-hydrogen) atoms. The van der Waals surface area contributed by atoms with Crippen LogP contribution in [0, 0.1) is 5.41 Å². The molecule has 0 aliphatic carbocycles. The lowest BCUT2D eigenvalue weighted by atomic mass is 9.93. The molecule has 0 spiro atoms. The molecule has 0 heterocycles. The van der Waals surface area contributed by atoms with Gasteiger partial charge in [-0.3, -0.25) is 9.59 Å². The van der Waals surface area contributed by atoms with Crippen molar-refractivity contribution in [3.8, 4) is 0 Å². The highest BCUT2D eigenvalue weighted by Gasteiger charge is 2.46. The van der Waals surface area contributed by atoms with Gasteiger partial charge in [-0.15, -0.1) is 0 Å². The summed E-state index contributed by atoms with van der Waals surface area (Å²) >= 11 is 1.40. The Bertz CT molecular complexity index is 374. The molecule has 0 unspecified atom stereocenters. The first-order valence-corrected chi connectivity index (χ1v) is 7.16. The van der Waals surface area contributed by atoms with Crippen molar-refractivity contribution in [2.24, 2.45) is 5.41 Å². The monoisotopic (exact) mass is 306 g/mol. The summed E-state index contributed by atoms with van der Waals surface area (Å²) in [7, 11) is 1.08. The summed E-state index contributed by atoms with van der Waals surface area (Å²) in [5.74, 6) is -1.55. The first kappa shape index (κ1) is 18.8. The minimum absolute atomic E-state index is 0.139. The van der Waals surface area contributed by atoms with E-state index in [1.165, 1.54) is 18.7 Å². The van der Waals surface area contributed by atoms with Gasteiger partial charge in [0.25, 0.3) is 0 Å². The quantitative estimate of drug-likeness (QED) is 0.570. The molecule has 0 amide bonds. The van der Waals surface area contributed by atoms with E-state index in [0.717, 1.165) is 7.11 Å². The number of ether oxygens (including phenoxy) is 3. The number of carbonyl (C=O) groups is 3. The minimum atomic E-state index is -1.55. The molecular weight excluding hydrogens is 284 g/mol. The number of hydrogen-bond donors (Lipinski definition) is 0. The fourth-order valence-electron chi connectivity index (χ4n) is 1.08. The second-order valence-electron chi connectivity index (χ2n) is 5.30. The lowest BCUT2D eigenvalue weighted by Gasteiger charge is -2.27. The molecular formula is C13H22O6S. The molecule has 0 aromatic rings. The molecule has 0 radical (unpaired) electrons. The number of carbonyl (C=O) groups excluding carboxylic acids is 3. The first-order chi connectivity index (χ1) is 9.06. The fraction of sp³-hybridized carbons (Fsp3) is 0.769. The van der Waals surface area contributed by atoms with Gasteiger partial charge in [0.05, 0.1) is 13.7 Å². The maximum atomic E-state index is 12.0. The summed E-state index contributed by atoms with van der Waals surface area (Å²) in [6, 6.07) is 0. The molecule has 0 bridgehead atoms. The van der Waals surface area contributed by atoms with Crippen molar-refractivity contribution in [2.75, 3.05) is 19.5 Å². The molecule has 0 saturated carbocycles. The summed E-state index contributed by atoms with van der Waals surface area (Å²) in [4.78, 5) is 35.1. The second kappa shape index (κ2) is 7.52. The van der Waals surface area contributed by atoms with Crippen molar-refractivity contribution in [2.45, 2.75) is 39.4 Å². The third kappa shape index (κ3) is 5.81. The number of rotatable bonds is 5. The van der Waals surface area contributed by atoms with Crippen LogP contribution in [0.4, 0.5) is 4.79 Å². The van der Waals surface area contributed by atoms with E-state index in [2.05, 4.69) is 9.47 Å². The highest BCUT2D eigenvalue weighted by atomic mass is 32.2. The predicted octanol–water partition coefficient (Wildman–Crippen LogP) is 2.40. The van der Waals surface area contributed by atoms with Crippen LogP contribution in [0.2, 0.25) is 0 Å². The average Bonchev–Trinajstić information content (AvgIpc) is 2.34. The van der Waals surface area contributed by atoms with Crippen LogP contribution in [0.5, 0.6) is 0 Å². The lowest BCUT2D eigenvalue weighted by Crippen LogP contribution is -2.43. The van der Waals surface area contributed by atoms with Crippen molar-refractivity contribution < 1.29 is 28.6 Å². The van der Waals surface area contributed by atoms with E-state index in [4.69, 9.17) is 4.74 Å². The standard InChI is InChI=1S/C13H22O6S/c1-7-18-9(14)13(5,8-20-12(2,3)4)10(15)19-11(16)17-6/h7-8H2,1-6H3/t13-/m1/s1. The van der Waals surface area contributed by atoms with Crippen molar-refractivity contribution in [1.29, 1.82) is 0 Å². The fourth-order valence-corrected chi connectivity index (χ4v) is 2.04. The average molecular weight is 306 g/mol. The summed E-state index contributed by atoms with van der Waals surface area (Å²) in [6.07, 6.45) is -1.15. The Morgan fingerprint density at radius 1 is 1.05 bits per heavy atom. The Hall–Kier alpha value is -1.24. The normalized spacial score (nSPS) is 14.1. The third-order valence-corrected chi connectivity index (χ3v) is 3.90. The van der Waals surface area contributed by atoms with E-state index in [-0.39, 0.29) is 17.1 Å². The van der Waals surface area contributed by atoms with Crippen LogP contribution in [-0.4, -0.2) is 42.3 Å². The van der Waals surface area contributed by atoms with Crippen LogP contribution < -0.4 is 0 Å². The predicted molar refractivity (Wildman–Crippen MR) is 75.4 cm³/mol. The van der Waals surface area contributed by atoms with Gasteiger partial charge in [-0.25, -0.2) is 4.79 Å². The topological polar surface area (TPSA) is 78.9 Å². The van der Waals surface area contributed by atoms with Gasteiger partial charge in [-0.05, 0) is 13.8 Å². The van der Waals surface area contributed by atoms with Crippen LogP contribution >= 0.6 is 11.8 Å².